The number of esters is 2. The minimum atomic E-state index is -0.785. The summed E-state index contributed by atoms with van der Waals surface area (Å²) in [7, 11) is 0. The summed E-state index contributed by atoms with van der Waals surface area (Å²) >= 11 is 1.11. The molecule has 0 bridgehead atoms. The Bertz CT molecular complexity index is 822. The average molecular weight is 393 g/mol. The van der Waals surface area contributed by atoms with Crippen molar-refractivity contribution in [1.82, 2.24) is 9.97 Å². The number of aromatic nitrogens is 2. The van der Waals surface area contributed by atoms with E-state index in [1.807, 2.05) is 0 Å². The Morgan fingerprint density at radius 1 is 1.07 bits per heavy atom. The topological polar surface area (TPSA) is 121 Å². The molecule has 2 rings (SSSR count). The third-order valence-electron chi connectivity index (χ3n) is 3.17. The molecule has 0 aromatic carbocycles. The Balaban J connectivity index is 2.21. The lowest BCUT2D eigenvalue weighted by atomic mass is 10.1. The number of nitrogens with zero attached hydrogens (tertiary/aromatic N) is 2. The molecule has 1 N–H and O–H groups in total. The number of carbonyl (C=O) groups is 3. The zero-order chi connectivity index (χ0) is 19.8. The maximum absolute atomic E-state index is 12.3. The van der Waals surface area contributed by atoms with Crippen LogP contribution in [-0.2, 0) is 14.3 Å². The fourth-order valence-electron chi connectivity index (χ4n) is 2.13. The van der Waals surface area contributed by atoms with E-state index in [1.54, 1.807) is 32.3 Å². The highest BCUT2D eigenvalue weighted by Gasteiger charge is 2.31. The predicted molar refractivity (Wildman–Crippen MR) is 96.7 cm³/mol. The Kier molecular flexibility index (Phi) is 7.35. The molecule has 0 saturated carbocycles. The van der Waals surface area contributed by atoms with E-state index in [-0.39, 0.29) is 41.7 Å². The molecule has 0 aliphatic carbocycles. The van der Waals surface area contributed by atoms with Crippen molar-refractivity contribution < 1.29 is 28.3 Å². The van der Waals surface area contributed by atoms with Crippen LogP contribution in [0.3, 0.4) is 0 Å². The number of furan rings is 1. The first-order valence-electron chi connectivity index (χ1n) is 8.15. The number of carbonyl (C=O) groups excluding carboxylic acids is 3. The van der Waals surface area contributed by atoms with Gasteiger partial charge in [-0.15, -0.1) is 0 Å². The van der Waals surface area contributed by atoms with Crippen LogP contribution in [0.4, 0.5) is 5.88 Å². The van der Waals surface area contributed by atoms with Crippen LogP contribution >= 0.6 is 11.8 Å². The van der Waals surface area contributed by atoms with Gasteiger partial charge in [0.1, 0.15) is 16.9 Å². The van der Waals surface area contributed by atoms with Crippen molar-refractivity contribution in [2.75, 3.05) is 24.3 Å². The predicted octanol–water partition coefficient (Wildman–Crippen LogP) is 2.46. The van der Waals surface area contributed by atoms with E-state index < -0.39 is 17.8 Å². The molecular formula is C17H19N3O6S. The van der Waals surface area contributed by atoms with Gasteiger partial charge >= 0.3 is 11.9 Å². The van der Waals surface area contributed by atoms with Crippen LogP contribution < -0.4 is 5.32 Å². The van der Waals surface area contributed by atoms with Crippen LogP contribution in [0.25, 0.3) is 0 Å². The van der Waals surface area contributed by atoms with Gasteiger partial charge in [-0.3, -0.25) is 10.1 Å². The number of ether oxygens (including phenoxy) is 2. The highest BCUT2D eigenvalue weighted by atomic mass is 32.2. The van der Waals surface area contributed by atoms with Crippen LogP contribution in [-0.4, -0.2) is 46.8 Å². The van der Waals surface area contributed by atoms with Gasteiger partial charge < -0.3 is 13.9 Å². The maximum Gasteiger partial charge on any atom is 0.344 e. The summed E-state index contributed by atoms with van der Waals surface area (Å²) in [5.74, 6) is -2.00. The van der Waals surface area contributed by atoms with Gasteiger partial charge in [0, 0.05) is 12.4 Å². The smallest absolute Gasteiger partial charge is 0.344 e. The molecule has 0 spiro atoms. The Morgan fingerprint density at radius 2 is 1.67 bits per heavy atom. The minimum absolute atomic E-state index is 0.0131. The first-order chi connectivity index (χ1) is 13.0. The standard InChI is InChI=1S/C17H19N3O6S/c1-4-24-15(22)12-10(3)26-14(13(12)16(23)25-5-2)20-11(21)9-27-17-18-7-6-8-19-17/h6-8H,4-5,9H2,1-3H3,(H,20,21). The highest BCUT2D eigenvalue weighted by molar-refractivity contribution is 7.99. The molecule has 0 atom stereocenters. The second-order valence-electron chi connectivity index (χ2n) is 5.05. The Labute approximate surface area is 159 Å². The molecule has 0 radical (unpaired) electrons. The van der Waals surface area contributed by atoms with Crippen LogP contribution in [0.2, 0.25) is 0 Å². The summed E-state index contributed by atoms with van der Waals surface area (Å²) in [6.45, 7) is 4.99. The van der Waals surface area contributed by atoms with Gasteiger partial charge in [-0.25, -0.2) is 19.6 Å². The number of hydrogen-bond donors (Lipinski definition) is 1. The molecule has 0 unspecified atom stereocenters. The van der Waals surface area contributed by atoms with Crippen molar-refractivity contribution >= 4 is 35.5 Å². The van der Waals surface area contributed by atoms with Crippen LogP contribution in [0.5, 0.6) is 0 Å². The van der Waals surface area contributed by atoms with E-state index in [9.17, 15) is 14.4 Å². The zero-order valence-electron chi connectivity index (χ0n) is 15.1. The SMILES string of the molecule is CCOC(=O)c1c(C)oc(NC(=O)CSc2ncccn2)c1C(=O)OCC. The number of thioether (sulfide) groups is 1. The molecule has 0 saturated heterocycles. The fraction of sp³-hybridized carbons (Fsp3) is 0.353. The minimum Gasteiger partial charge on any atom is -0.462 e. The number of anilines is 1. The number of rotatable bonds is 8. The van der Waals surface area contributed by atoms with Crippen molar-refractivity contribution in [3.8, 4) is 0 Å². The molecule has 1 amide bonds. The first kappa shape index (κ1) is 20.4. The van der Waals surface area contributed by atoms with Crippen LogP contribution in [0.15, 0.2) is 28.0 Å². The maximum atomic E-state index is 12.3. The van der Waals surface area contributed by atoms with Gasteiger partial charge in [-0.1, -0.05) is 11.8 Å². The number of nitrogens with one attached hydrogen (secondary N) is 1. The van der Waals surface area contributed by atoms with E-state index in [2.05, 4.69) is 15.3 Å². The number of aryl methyl sites for hydroxylation is 1. The zero-order valence-corrected chi connectivity index (χ0v) is 15.9. The summed E-state index contributed by atoms with van der Waals surface area (Å²) in [6.07, 6.45) is 3.13. The average Bonchev–Trinajstić information content (AvgIpc) is 2.97. The summed E-state index contributed by atoms with van der Waals surface area (Å²) < 4.78 is 15.4. The monoisotopic (exact) mass is 393 g/mol. The van der Waals surface area contributed by atoms with Gasteiger partial charge in [0.2, 0.25) is 11.8 Å². The van der Waals surface area contributed by atoms with Crippen molar-refractivity contribution in [2.24, 2.45) is 0 Å². The quantitative estimate of drug-likeness (QED) is 0.409. The van der Waals surface area contributed by atoms with Gasteiger partial charge in [-0.05, 0) is 26.8 Å². The fourth-order valence-corrected chi connectivity index (χ4v) is 2.74. The molecule has 2 heterocycles. The van der Waals surface area contributed by atoms with E-state index in [0.717, 1.165) is 11.8 Å². The second-order valence-corrected chi connectivity index (χ2v) is 5.99. The third-order valence-corrected chi connectivity index (χ3v) is 4.05. The van der Waals surface area contributed by atoms with Crippen molar-refractivity contribution in [1.29, 1.82) is 0 Å². The Hall–Kier alpha value is -2.88. The molecule has 10 heteroatoms. The third kappa shape index (κ3) is 5.30. The number of amides is 1. The van der Waals surface area contributed by atoms with E-state index in [4.69, 9.17) is 13.9 Å². The lowest BCUT2D eigenvalue weighted by Gasteiger charge is -2.06. The van der Waals surface area contributed by atoms with Crippen LogP contribution in [0.1, 0.15) is 40.3 Å². The molecule has 2 aromatic rings. The summed E-state index contributed by atoms with van der Waals surface area (Å²) in [5.41, 5.74) is -0.230. The number of hydrogen-bond acceptors (Lipinski definition) is 9. The van der Waals surface area contributed by atoms with E-state index in [1.165, 1.54) is 6.92 Å². The lowest BCUT2D eigenvalue weighted by molar-refractivity contribution is -0.113. The van der Waals surface area contributed by atoms with Gasteiger partial charge in [-0.2, -0.15) is 0 Å². The second kappa shape index (κ2) is 9.72. The highest BCUT2D eigenvalue weighted by Crippen LogP contribution is 2.29. The molecule has 144 valence electrons. The molecule has 27 heavy (non-hydrogen) atoms. The van der Waals surface area contributed by atoms with Crippen LogP contribution in [0, 0.1) is 6.92 Å². The largest absolute Gasteiger partial charge is 0.462 e. The first-order valence-corrected chi connectivity index (χ1v) is 9.13. The van der Waals surface area contributed by atoms with Gasteiger partial charge in [0.15, 0.2) is 5.16 Å². The van der Waals surface area contributed by atoms with Crippen molar-refractivity contribution in [3.05, 3.63) is 35.3 Å². The molecular weight excluding hydrogens is 374 g/mol. The van der Waals surface area contributed by atoms with E-state index >= 15 is 0 Å². The summed E-state index contributed by atoms with van der Waals surface area (Å²) in [5, 5.41) is 2.92. The van der Waals surface area contributed by atoms with E-state index in [0.29, 0.717) is 5.16 Å². The molecule has 9 nitrogen and oxygen atoms in total. The Morgan fingerprint density at radius 3 is 2.26 bits per heavy atom. The van der Waals surface area contributed by atoms with Crippen molar-refractivity contribution in [3.63, 3.8) is 0 Å². The molecule has 0 aliphatic heterocycles. The molecule has 0 fully saturated rings. The van der Waals surface area contributed by atoms with Crippen molar-refractivity contribution in [2.45, 2.75) is 25.9 Å². The van der Waals surface area contributed by atoms with Gasteiger partial charge in [0.25, 0.3) is 0 Å². The molecule has 2 aromatic heterocycles. The summed E-state index contributed by atoms with van der Waals surface area (Å²) in [4.78, 5) is 44.7. The normalized spacial score (nSPS) is 10.3. The van der Waals surface area contributed by atoms with Gasteiger partial charge in [0.05, 0.1) is 19.0 Å². The summed E-state index contributed by atoms with van der Waals surface area (Å²) in [6, 6.07) is 1.66. The molecule has 0 aliphatic rings. The lowest BCUT2D eigenvalue weighted by Crippen LogP contribution is -2.18.